The van der Waals surface area contributed by atoms with Gasteiger partial charge < -0.3 is 14.7 Å². The second-order valence-electron chi connectivity index (χ2n) is 6.37. The highest BCUT2D eigenvalue weighted by molar-refractivity contribution is 8.00. The van der Waals surface area contributed by atoms with Crippen LogP contribution in [0, 0.1) is 0 Å². The average molecular weight is 368 g/mol. The first-order valence-corrected chi connectivity index (χ1v) is 9.61. The van der Waals surface area contributed by atoms with Crippen molar-refractivity contribution in [2.45, 2.75) is 42.7 Å². The van der Waals surface area contributed by atoms with E-state index >= 15 is 0 Å². The summed E-state index contributed by atoms with van der Waals surface area (Å²) < 4.78 is 5.62. The van der Waals surface area contributed by atoms with Crippen LogP contribution in [0.3, 0.4) is 0 Å². The Balaban J connectivity index is 1.40. The number of fused-ring (bicyclic) bond motifs is 1. The lowest BCUT2D eigenvalue weighted by molar-refractivity contribution is -0.121. The van der Waals surface area contributed by atoms with E-state index in [0.717, 1.165) is 25.0 Å². The number of nitrogens with zero attached hydrogens (tertiary/aromatic N) is 2. The Morgan fingerprint density at radius 1 is 1.31 bits per heavy atom. The van der Waals surface area contributed by atoms with E-state index in [9.17, 15) is 4.79 Å². The number of aromatic amines is 1. The van der Waals surface area contributed by atoms with Crippen LogP contribution >= 0.6 is 11.8 Å². The molecule has 26 heavy (non-hydrogen) atoms. The van der Waals surface area contributed by atoms with Crippen LogP contribution in [-0.2, 0) is 11.2 Å². The van der Waals surface area contributed by atoms with Crippen molar-refractivity contribution in [2.75, 3.05) is 0 Å². The molecule has 0 aliphatic heterocycles. The van der Waals surface area contributed by atoms with E-state index in [4.69, 9.17) is 4.42 Å². The minimum absolute atomic E-state index is 0.0173. The molecular formula is C19H20N4O2S. The van der Waals surface area contributed by atoms with Gasteiger partial charge in [-0.3, -0.25) is 4.79 Å². The van der Waals surface area contributed by atoms with Gasteiger partial charge in [-0.2, -0.15) is 0 Å². The predicted molar refractivity (Wildman–Crippen MR) is 99.7 cm³/mol. The van der Waals surface area contributed by atoms with Crippen molar-refractivity contribution in [3.63, 3.8) is 0 Å². The van der Waals surface area contributed by atoms with Crippen LogP contribution in [-0.4, -0.2) is 26.3 Å². The number of nitrogens with one attached hydrogen (secondary N) is 2. The van der Waals surface area contributed by atoms with E-state index in [0.29, 0.717) is 11.1 Å². The number of thioether (sulfide) groups is 1. The summed E-state index contributed by atoms with van der Waals surface area (Å²) in [5.41, 5.74) is 3.33. The second kappa shape index (κ2) is 7.37. The summed E-state index contributed by atoms with van der Waals surface area (Å²) in [6.45, 7) is 1.85. The van der Waals surface area contributed by atoms with Crippen LogP contribution in [0.15, 0.2) is 52.2 Å². The molecule has 3 aromatic rings. The molecule has 0 spiro atoms. The molecule has 6 nitrogen and oxygen atoms in total. The molecule has 0 radical (unpaired) electrons. The summed E-state index contributed by atoms with van der Waals surface area (Å²) >= 11 is 1.27. The average Bonchev–Trinajstić information content (AvgIpc) is 3.33. The van der Waals surface area contributed by atoms with E-state index < -0.39 is 0 Å². The molecule has 0 unspecified atom stereocenters. The second-order valence-corrected chi connectivity index (χ2v) is 7.66. The Morgan fingerprint density at radius 3 is 3.04 bits per heavy atom. The van der Waals surface area contributed by atoms with Crippen molar-refractivity contribution >= 4 is 17.7 Å². The van der Waals surface area contributed by atoms with E-state index in [-0.39, 0.29) is 17.2 Å². The van der Waals surface area contributed by atoms with Crippen molar-refractivity contribution in [3.8, 4) is 11.6 Å². The number of carbonyl (C=O) groups is 1. The van der Waals surface area contributed by atoms with Gasteiger partial charge in [0.1, 0.15) is 5.69 Å². The third-order valence-electron chi connectivity index (χ3n) is 4.57. The molecule has 0 saturated heterocycles. The Bertz CT molecular complexity index is 891. The molecule has 7 heteroatoms. The van der Waals surface area contributed by atoms with E-state index in [2.05, 4.69) is 38.7 Å². The Kier molecular flexibility index (Phi) is 4.79. The van der Waals surface area contributed by atoms with Gasteiger partial charge in [0.25, 0.3) is 11.1 Å². The van der Waals surface area contributed by atoms with Crippen LogP contribution in [0.4, 0.5) is 0 Å². The van der Waals surface area contributed by atoms with Gasteiger partial charge in [0.2, 0.25) is 5.91 Å². The fraction of sp³-hybridized carbons (Fsp3) is 0.316. The molecule has 2 N–H and O–H groups in total. The number of carbonyl (C=O) groups excluding carboxylic acids is 1. The van der Waals surface area contributed by atoms with Crippen molar-refractivity contribution in [1.29, 1.82) is 0 Å². The zero-order valence-corrected chi connectivity index (χ0v) is 15.3. The standard InChI is InChI=1S/C19H20N4O2S/c1-12(26-19-23-22-18(25-19)16-10-5-11-20-16)17(24)21-15-9-4-7-13-6-2-3-8-14(13)15/h2-3,5-6,8,10-12,15,20H,4,7,9H2,1H3,(H,21,24)/t12-,15+/m0/s1. The van der Waals surface area contributed by atoms with E-state index in [1.165, 1.54) is 22.9 Å². The summed E-state index contributed by atoms with van der Waals surface area (Å²) in [5, 5.41) is 11.3. The number of rotatable bonds is 5. The van der Waals surface area contributed by atoms with Gasteiger partial charge in [0.05, 0.1) is 11.3 Å². The molecule has 0 bridgehead atoms. The molecule has 2 aromatic heterocycles. The first kappa shape index (κ1) is 16.9. The summed E-state index contributed by atoms with van der Waals surface area (Å²) in [5.74, 6) is 0.405. The molecule has 0 fully saturated rings. The van der Waals surface area contributed by atoms with Gasteiger partial charge >= 0.3 is 0 Å². The predicted octanol–water partition coefficient (Wildman–Crippen LogP) is 3.74. The molecule has 0 saturated carbocycles. The lowest BCUT2D eigenvalue weighted by Gasteiger charge is -2.27. The fourth-order valence-electron chi connectivity index (χ4n) is 3.23. The zero-order chi connectivity index (χ0) is 17.9. The zero-order valence-electron chi connectivity index (χ0n) is 14.4. The summed E-state index contributed by atoms with van der Waals surface area (Å²) in [6.07, 6.45) is 4.94. The molecule has 2 atom stereocenters. The number of hydrogen-bond acceptors (Lipinski definition) is 5. The van der Waals surface area contributed by atoms with Crippen molar-refractivity contribution in [3.05, 3.63) is 53.7 Å². The number of amides is 1. The largest absolute Gasteiger partial charge is 0.410 e. The number of benzene rings is 1. The first-order valence-electron chi connectivity index (χ1n) is 8.73. The van der Waals surface area contributed by atoms with Gasteiger partial charge in [-0.25, -0.2) is 0 Å². The smallest absolute Gasteiger partial charge is 0.277 e. The minimum atomic E-state index is -0.318. The number of H-pyrrole nitrogens is 1. The minimum Gasteiger partial charge on any atom is -0.410 e. The molecule has 4 rings (SSSR count). The molecule has 1 aliphatic rings. The van der Waals surface area contributed by atoms with Gasteiger partial charge in [0.15, 0.2) is 0 Å². The summed E-state index contributed by atoms with van der Waals surface area (Å²) in [4.78, 5) is 15.7. The van der Waals surface area contributed by atoms with Crippen molar-refractivity contribution in [2.24, 2.45) is 0 Å². The highest BCUT2D eigenvalue weighted by Gasteiger charge is 2.25. The monoisotopic (exact) mass is 368 g/mol. The maximum atomic E-state index is 12.6. The van der Waals surface area contributed by atoms with Crippen LogP contribution in [0.1, 0.15) is 36.9 Å². The van der Waals surface area contributed by atoms with Crippen molar-refractivity contribution < 1.29 is 9.21 Å². The Morgan fingerprint density at radius 2 is 2.19 bits per heavy atom. The van der Waals surface area contributed by atoms with Crippen LogP contribution < -0.4 is 5.32 Å². The maximum Gasteiger partial charge on any atom is 0.277 e. The SMILES string of the molecule is C[C@H](Sc1nnc(-c2ccc[nH]2)o1)C(=O)N[C@@H]1CCCc2ccccc21. The quantitative estimate of drug-likeness (QED) is 0.670. The van der Waals surface area contributed by atoms with E-state index in [1.54, 1.807) is 6.20 Å². The third-order valence-corrected chi connectivity index (χ3v) is 5.50. The van der Waals surface area contributed by atoms with Crippen LogP contribution in [0.5, 0.6) is 0 Å². The van der Waals surface area contributed by atoms with Crippen LogP contribution in [0.2, 0.25) is 0 Å². The molecule has 2 heterocycles. The van der Waals surface area contributed by atoms with Gasteiger partial charge in [-0.1, -0.05) is 36.0 Å². The number of aryl methyl sites for hydroxylation is 1. The lowest BCUT2D eigenvalue weighted by atomic mass is 9.88. The number of hydrogen-bond donors (Lipinski definition) is 2. The molecule has 1 amide bonds. The first-order chi connectivity index (χ1) is 12.7. The van der Waals surface area contributed by atoms with Crippen molar-refractivity contribution in [1.82, 2.24) is 20.5 Å². The topological polar surface area (TPSA) is 83.8 Å². The third kappa shape index (κ3) is 3.53. The van der Waals surface area contributed by atoms with Gasteiger partial charge in [-0.15, -0.1) is 10.2 Å². The molecule has 134 valence electrons. The Hall–Kier alpha value is -2.54. The van der Waals surface area contributed by atoms with E-state index in [1.807, 2.05) is 25.1 Å². The molecule has 1 aromatic carbocycles. The van der Waals surface area contributed by atoms with Crippen LogP contribution in [0.25, 0.3) is 11.6 Å². The highest BCUT2D eigenvalue weighted by atomic mass is 32.2. The molecular weight excluding hydrogens is 348 g/mol. The molecule has 1 aliphatic carbocycles. The lowest BCUT2D eigenvalue weighted by Crippen LogP contribution is -2.35. The normalized spacial score (nSPS) is 17.5. The summed E-state index contributed by atoms with van der Waals surface area (Å²) in [7, 11) is 0. The van der Waals surface area contributed by atoms with Gasteiger partial charge in [0, 0.05) is 6.20 Å². The summed E-state index contributed by atoms with van der Waals surface area (Å²) in [6, 6.07) is 12.1. The fourth-order valence-corrected chi connectivity index (χ4v) is 3.92. The maximum absolute atomic E-state index is 12.6. The highest BCUT2D eigenvalue weighted by Crippen LogP contribution is 2.31. The Labute approximate surface area is 155 Å². The van der Waals surface area contributed by atoms with Gasteiger partial charge in [-0.05, 0) is 49.4 Å². The number of aromatic nitrogens is 3.